The Morgan fingerprint density at radius 1 is 1.23 bits per heavy atom. The lowest BCUT2D eigenvalue weighted by atomic mass is 10.1. The quantitative estimate of drug-likeness (QED) is 0.892. The van der Waals surface area contributed by atoms with Crippen LogP contribution in [0.5, 0.6) is 5.75 Å². The van der Waals surface area contributed by atoms with Crippen LogP contribution in [0, 0.1) is 0 Å². The Kier molecular flexibility index (Phi) is 3.85. The molecule has 6 heteroatoms. The SMILES string of the molecule is O=C(O)c1ccc2c(c1)CN(c1cccc(Br)c1)C(=O)CO2. The summed E-state index contributed by atoms with van der Waals surface area (Å²) >= 11 is 3.38. The van der Waals surface area contributed by atoms with Crippen LogP contribution in [0.1, 0.15) is 15.9 Å². The van der Waals surface area contributed by atoms with Gasteiger partial charge in [-0.3, -0.25) is 4.79 Å². The third kappa shape index (κ3) is 2.82. The van der Waals surface area contributed by atoms with E-state index in [2.05, 4.69) is 15.9 Å². The maximum Gasteiger partial charge on any atom is 0.335 e. The molecule has 0 spiro atoms. The fourth-order valence-electron chi connectivity index (χ4n) is 2.33. The van der Waals surface area contributed by atoms with Gasteiger partial charge in [-0.15, -0.1) is 0 Å². The highest BCUT2D eigenvalue weighted by Crippen LogP contribution is 2.29. The number of amides is 1. The second kappa shape index (κ2) is 5.81. The van der Waals surface area contributed by atoms with Gasteiger partial charge in [0.05, 0.1) is 12.1 Å². The summed E-state index contributed by atoms with van der Waals surface area (Å²) in [6.07, 6.45) is 0. The molecule has 1 amide bonds. The number of halogens is 1. The highest BCUT2D eigenvalue weighted by molar-refractivity contribution is 9.10. The van der Waals surface area contributed by atoms with Gasteiger partial charge in [-0.2, -0.15) is 0 Å². The summed E-state index contributed by atoms with van der Waals surface area (Å²) in [6, 6.07) is 12.0. The molecule has 5 nitrogen and oxygen atoms in total. The van der Waals surface area contributed by atoms with Crippen molar-refractivity contribution in [1.82, 2.24) is 0 Å². The first-order chi connectivity index (χ1) is 10.5. The van der Waals surface area contributed by atoms with E-state index in [1.807, 2.05) is 24.3 Å². The summed E-state index contributed by atoms with van der Waals surface area (Å²) in [5.41, 5.74) is 1.58. The van der Waals surface area contributed by atoms with Crippen LogP contribution in [0.15, 0.2) is 46.9 Å². The van der Waals surface area contributed by atoms with E-state index in [-0.39, 0.29) is 24.6 Å². The lowest BCUT2D eigenvalue weighted by Gasteiger charge is -2.20. The largest absolute Gasteiger partial charge is 0.483 e. The number of fused-ring (bicyclic) bond motifs is 1. The highest BCUT2D eigenvalue weighted by atomic mass is 79.9. The second-order valence-electron chi connectivity index (χ2n) is 4.88. The number of carboxylic acids is 1. The van der Waals surface area contributed by atoms with Crippen LogP contribution in [0.4, 0.5) is 5.69 Å². The number of hydrogen-bond donors (Lipinski definition) is 1. The van der Waals surface area contributed by atoms with E-state index in [1.54, 1.807) is 17.0 Å². The lowest BCUT2D eigenvalue weighted by molar-refractivity contribution is -0.120. The second-order valence-corrected chi connectivity index (χ2v) is 5.79. The van der Waals surface area contributed by atoms with Crippen molar-refractivity contribution < 1.29 is 19.4 Å². The summed E-state index contributed by atoms with van der Waals surface area (Å²) < 4.78 is 6.34. The minimum atomic E-state index is -1.01. The Hall–Kier alpha value is -2.34. The molecule has 2 aromatic rings. The van der Waals surface area contributed by atoms with Crippen molar-refractivity contribution in [3.63, 3.8) is 0 Å². The van der Waals surface area contributed by atoms with Crippen LogP contribution in [0.2, 0.25) is 0 Å². The third-order valence-electron chi connectivity index (χ3n) is 3.41. The van der Waals surface area contributed by atoms with Gasteiger partial charge in [-0.05, 0) is 36.4 Å². The number of nitrogens with zero attached hydrogens (tertiary/aromatic N) is 1. The average molecular weight is 362 g/mol. The van der Waals surface area contributed by atoms with Gasteiger partial charge in [0.1, 0.15) is 5.75 Å². The van der Waals surface area contributed by atoms with Crippen molar-refractivity contribution in [1.29, 1.82) is 0 Å². The van der Waals surface area contributed by atoms with Crippen molar-refractivity contribution in [2.45, 2.75) is 6.54 Å². The smallest absolute Gasteiger partial charge is 0.335 e. The Labute approximate surface area is 135 Å². The van der Waals surface area contributed by atoms with Gasteiger partial charge in [0.25, 0.3) is 5.91 Å². The van der Waals surface area contributed by atoms with E-state index < -0.39 is 5.97 Å². The van der Waals surface area contributed by atoms with E-state index in [1.165, 1.54) is 6.07 Å². The number of ether oxygens (including phenoxy) is 1. The molecule has 0 saturated carbocycles. The molecule has 0 saturated heterocycles. The lowest BCUT2D eigenvalue weighted by Crippen LogP contribution is -2.32. The van der Waals surface area contributed by atoms with Gasteiger partial charge in [-0.1, -0.05) is 22.0 Å². The van der Waals surface area contributed by atoms with E-state index >= 15 is 0 Å². The monoisotopic (exact) mass is 361 g/mol. The number of carbonyl (C=O) groups is 2. The maximum atomic E-state index is 12.3. The van der Waals surface area contributed by atoms with Crippen molar-refractivity contribution in [3.8, 4) is 5.75 Å². The summed E-state index contributed by atoms with van der Waals surface area (Å²) in [5.74, 6) is -0.644. The van der Waals surface area contributed by atoms with Crippen LogP contribution in [-0.2, 0) is 11.3 Å². The zero-order valence-corrected chi connectivity index (χ0v) is 13.0. The fourth-order valence-corrected chi connectivity index (χ4v) is 2.72. The van der Waals surface area contributed by atoms with Gasteiger partial charge in [0.2, 0.25) is 0 Å². The zero-order valence-electron chi connectivity index (χ0n) is 11.5. The van der Waals surface area contributed by atoms with Gasteiger partial charge in [-0.25, -0.2) is 4.79 Å². The van der Waals surface area contributed by atoms with Crippen LogP contribution in [0.3, 0.4) is 0 Å². The average Bonchev–Trinajstić information content (AvgIpc) is 2.66. The molecule has 0 aromatic heterocycles. The molecule has 0 bridgehead atoms. The summed E-state index contributed by atoms with van der Waals surface area (Å²) in [5, 5.41) is 9.10. The van der Waals surface area contributed by atoms with Crippen molar-refractivity contribution in [2.75, 3.05) is 11.5 Å². The third-order valence-corrected chi connectivity index (χ3v) is 3.90. The summed E-state index contributed by atoms with van der Waals surface area (Å²) in [6.45, 7) is 0.192. The molecule has 1 aliphatic rings. The van der Waals surface area contributed by atoms with Gasteiger partial charge in [0, 0.05) is 15.7 Å². The predicted molar refractivity (Wildman–Crippen MR) is 84.2 cm³/mol. The van der Waals surface area contributed by atoms with Crippen LogP contribution in [-0.4, -0.2) is 23.6 Å². The number of carbonyl (C=O) groups excluding carboxylic acids is 1. The first kappa shape index (κ1) is 14.6. The van der Waals surface area contributed by atoms with Crippen molar-refractivity contribution >= 4 is 33.5 Å². The zero-order chi connectivity index (χ0) is 15.7. The van der Waals surface area contributed by atoms with Crippen LogP contribution in [0.25, 0.3) is 0 Å². The maximum absolute atomic E-state index is 12.3. The van der Waals surface area contributed by atoms with Crippen molar-refractivity contribution in [3.05, 3.63) is 58.1 Å². The molecule has 2 aromatic carbocycles. The fraction of sp³-hybridized carbons (Fsp3) is 0.125. The standard InChI is InChI=1S/C16H12BrNO4/c17-12-2-1-3-13(7-12)18-8-11-6-10(16(20)21)4-5-14(11)22-9-15(18)19/h1-7H,8-9H2,(H,20,21). The van der Waals surface area contributed by atoms with Crippen LogP contribution < -0.4 is 9.64 Å². The minimum Gasteiger partial charge on any atom is -0.483 e. The molecular formula is C16H12BrNO4. The van der Waals surface area contributed by atoms with E-state index in [9.17, 15) is 9.59 Å². The van der Waals surface area contributed by atoms with E-state index in [4.69, 9.17) is 9.84 Å². The number of hydrogen-bond acceptors (Lipinski definition) is 3. The van der Waals surface area contributed by atoms with Gasteiger partial charge in [0.15, 0.2) is 6.61 Å². The molecule has 0 atom stereocenters. The first-order valence-corrected chi connectivity index (χ1v) is 7.39. The molecule has 0 radical (unpaired) electrons. The molecular weight excluding hydrogens is 350 g/mol. The molecule has 22 heavy (non-hydrogen) atoms. The number of benzene rings is 2. The topological polar surface area (TPSA) is 66.8 Å². The molecule has 1 aliphatic heterocycles. The summed E-state index contributed by atoms with van der Waals surface area (Å²) in [4.78, 5) is 25.0. The first-order valence-electron chi connectivity index (χ1n) is 6.59. The van der Waals surface area contributed by atoms with Gasteiger partial charge < -0.3 is 14.7 Å². The summed E-state index contributed by atoms with van der Waals surface area (Å²) in [7, 11) is 0. The Morgan fingerprint density at radius 3 is 2.77 bits per heavy atom. The minimum absolute atomic E-state index is 0.0774. The molecule has 0 unspecified atom stereocenters. The van der Waals surface area contributed by atoms with Crippen molar-refractivity contribution in [2.24, 2.45) is 0 Å². The Morgan fingerprint density at radius 2 is 2.05 bits per heavy atom. The van der Waals surface area contributed by atoms with E-state index in [0.29, 0.717) is 11.3 Å². The van der Waals surface area contributed by atoms with Crippen LogP contribution >= 0.6 is 15.9 Å². The Bertz CT molecular complexity index is 760. The molecule has 3 rings (SSSR count). The highest BCUT2D eigenvalue weighted by Gasteiger charge is 2.23. The van der Waals surface area contributed by atoms with E-state index in [0.717, 1.165) is 10.2 Å². The number of anilines is 1. The molecule has 1 N–H and O–H groups in total. The van der Waals surface area contributed by atoms with Gasteiger partial charge >= 0.3 is 5.97 Å². The number of aromatic carboxylic acids is 1. The predicted octanol–water partition coefficient (Wildman–Crippen LogP) is 3.07. The molecule has 1 heterocycles. The number of carboxylic acid groups (broad SMARTS) is 1. The molecule has 0 aliphatic carbocycles. The Balaban J connectivity index is 2.01. The molecule has 112 valence electrons. The normalized spacial score (nSPS) is 14.0. The molecule has 0 fully saturated rings. The number of rotatable bonds is 2.